The lowest BCUT2D eigenvalue weighted by Gasteiger charge is -2.11. The van der Waals surface area contributed by atoms with E-state index in [9.17, 15) is 19.1 Å². The first-order valence-electron chi connectivity index (χ1n) is 9.11. The molecule has 0 bridgehead atoms. The van der Waals surface area contributed by atoms with Gasteiger partial charge in [0.2, 0.25) is 0 Å². The van der Waals surface area contributed by atoms with Crippen molar-refractivity contribution in [1.29, 1.82) is 5.41 Å². The van der Waals surface area contributed by atoms with E-state index in [1.165, 1.54) is 0 Å². The zero-order valence-electron chi connectivity index (χ0n) is 16.1. The number of amides is 2. The summed E-state index contributed by atoms with van der Waals surface area (Å²) in [5.74, 6) is -1.58. The lowest BCUT2D eigenvalue weighted by atomic mass is 10.2. The molecule has 0 fully saturated rings. The van der Waals surface area contributed by atoms with Crippen molar-refractivity contribution in [2.45, 2.75) is 0 Å². The van der Waals surface area contributed by atoms with Gasteiger partial charge in [0.1, 0.15) is 28.6 Å². The van der Waals surface area contributed by atoms with Crippen molar-refractivity contribution in [2.24, 2.45) is 0 Å². The van der Waals surface area contributed by atoms with Crippen molar-refractivity contribution in [1.82, 2.24) is 0 Å². The average Bonchev–Trinajstić information content (AvgIpc) is 2.76. The molecule has 0 atom stereocenters. The molecule has 0 spiro atoms. The average molecular weight is 419 g/mol. The Balaban J connectivity index is 1.68. The van der Waals surface area contributed by atoms with E-state index >= 15 is 0 Å². The lowest BCUT2D eigenvalue weighted by Crippen LogP contribution is -2.25. The maximum Gasteiger partial charge on any atom is 0.261 e. The van der Waals surface area contributed by atoms with Crippen LogP contribution in [0.2, 0.25) is 0 Å². The van der Waals surface area contributed by atoms with E-state index < -0.39 is 23.4 Å². The van der Waals surface area contributed by atoms with Gasteiger partial charge in [0, 0.05) is 18.0 Å². The summed E-state index contributed by atoms with van der Waals surface area (Å²) < 4.78 is 18.8. The summed E-state index contributed by atoms with van der Waals surface area (Å²) in [7, 11) is 0. The molecular weight excluding hydrogens is 401 g/mol. The molecule has 0 radical (unpaired) electrons. The second-order valence-corrected chi connectivity index (χ2v) is 6.26. The number of rotatable bonds is 7. The largest absolute Gasteiger partial charge is 0.506 e. The van der Waals surface area contributed by atoms with Gasteiger partial charge in [-0.25, -0.2) is 4.39 Å². The van der Waals surface area contributed by atoms with Gasteiger partial charge in [0.15, 0.2) is 0 Å². The molecule has 0 saturated heterocycles. The predicted molar refractivity (Wildman–Crippen MR) is 115 cm³/mol. The van der Waals surface area contributed by atoms with Crippen LogP contribution in [0.5, 0.6) is 17.2 Å². The van der Waals surface area contributed by atoms with E-state index in [4.69, 9.17) is 10.1 Å². The van der Waals surface area contributed by atoms with Crippen LogP contribution in [0.1, 0.15) is 0 Å². The maximum absolute atomic E-state index is 13.1. The Hall–Kier alpha value is -4.46. The highest BCUT2D eigenvalue weighted by atomic mass is 19.1. The maximum atomic E-state index is 13.1. The van der Waals surface area contributed by atoms with Crippen molar-refractivity contribution in [2.75, 3.05) is 10.6 Å². The van der Waals surface area contributed by atoms with E-state index in [0.29, 0.717) is 17.2 Å². The van der Waals surface area contributed by atoms with Crippen molar-refractivity contribution in [3.63, 3.8) is 0 Å². The molecule has 3 aromatic carbocycles. The Labute approximate surface area is 177 Å². The molecule has 3 aromatic rings. The Kier molecular flexibility index (Phi) is 6.74. The van der Waals surface area contributed by atoms with Crippen molar-refractivity contribution >= 4 is 29.4 Å². The number of phenols is 1. The topological polar surface area (TPSA) is 112 Å². The number of carbonyl (C=O) groups excluding carboxylic acids is 2. The zero-order valence-corrected chi connectivity index (χ0v) is 16.1. The number of para-hydroxylation sites is 1. The Morgan fingerprint density at radius 2 is 1.55 bits per heavy atom. The minimum absolute atomic E-state index is 0.0718. The summed E-state index contributed by atoms with van der Waals surface area (Å²) >= 11 is 0. The van der Waals surface area contributed by atoms with E-state index in [1.807, 2.05) is 30.3 Å². The summed E-state index contributed by atoms with van der Waals surface area (Å²) in [5, 5.41) is 21.8. The van der Waals surface area contributed by atoms with Crippen LogP contribution in [0, 0.1) is 11.2 Å². The summed E-state index contributed by atoms with van der Waals surface area (Å²) in [6.45, 7) is 0. The number of anilines is 2. The molecular formula is C23H18FN3O4. The van der Waals surface area contributed by atoms with Crippen molar-refractivity contribution in [3.8, 4) is 17.2 Å². The molecule has 31 heavy (non-hydrogen) atoms. The number of hydrogen-bond donors (Lipinski definition) is 4. The van der Waals surface area contributed by atoms with Crippen LogP contribution in [-0.2, 0) is 9.59 Å². The SMILES string of the molecule is N=C/C=C(/C(=O)Nc1ccc(Oc2ccccc2)cc1)C(=O)Nc1ccc(F)cc1O. The quantitative estimate of drug-likeness (QED) is 0.149. The Morgan fingerprint density at radius 3 is 2.19 bits per heavy atom. The number of aromatic hydroxyl groups is 1. The van der Waals surface area contributed by atoms with Crippen LogP contribution in [0.15, 0.2) is 84.4 Å². The number of allylic oxidation sites excluding steroid dienone is 1. The van der Waals surface area contributed by atoms with Crippen molar-refractivity contribution < 1.29 is 23.8 Å². The van der Waals surface area contributed by atoms with Gasteiger partial charge in [-0.05, 0) is 54.6 Å². The molecule has 4 N–H and O–H groups in total. The number of halogens is 1. The van der Waals surface area contributed by atoms with E-state index in [0.717, 1.165) is 30.5 Å². The van der Waals surface area contributed by atoms with Gasteiger partial charge in [-0.2, -0.15) is 0 Å². The molecule has 7 nitrogen and oxygen atoms in total. The molecule has 0 aliphatic rings. The molecule has 0 heterocycles. The highest BCUT2D eigenvalue weighted by Gasteiger charge is 2.19. The Bertz CT molecular complexity index is 1130. The molecule has 8 heteroatoms. The lowest BCUT2D eigenvalue weighted by molar-refractivity contribution is -0.118. The van der Waals surface area contributed by atoms with Gasteiger partial charge in [-0.15, -0.1) is 0 Å². The standard InChI is InChI=1S/C23H18FN3O4/c24-15-6-11-20(21(28)14-15)27-23(30)19(12-13-25)22(29)26-16-7-9-18(10-8-16)31-17-4-2-1-3-5-17/h1-14,25,28H,(H,26,29)(H,27,30)/b19-12-,25-13?. The third-order valence-corrected chi connectivity index (χ3v) is 4.04. The van der Waals surface area contributed by atoms with Gasteiger partial charge >= 0.3 is 0 Å². The molecule has 0 unspecified atom stereocenters. The minimum Gasteiger partial charge on any atom is -0.506 e. The fourth-order valence-corrected chi connectivity index (χ4v) is 2.57. The van der Waals surface area contributed by atoms with Gasteiger partial charge in [-0.3, -0.25) is 9.59 Å². The normalized spacial score (nSPS) is 10.8. The molecule has 2 amide bonds. The first kappa shape index (κ1) is 21.3. The number of hydrogen-bond acceptors (Lipinski definition) is 5. The fourth-order valence-electron chi connectivity index (χ4n) is 2.57. The van der Waals surface area contributed by atoms with Gasteiger partial charge in [0.25, 0.3) is 11.8 Å². The second kappa shape index (κ2) is 9.84. The molecule has 3 rings (SSSR count). The molecule has 0 aliphatic heterocycles. The molecule has 0 saturated carbocycles. The summed E-state index contributed by atoms with van der Waals surface area (Å²) in [6.07, 6.45) is 1.80. The zero-order chi connectivity index (χ0) is 22.2. The van der Waals surface area contributed by atoms with E-state index in [-0.39, 0.29) is 11.3 Å². The number of phenolic OH excluding ortho intramolecular Hbond substituents is 1. The monoisotopic (exact) mass is 419 g/mol. The number of ether oxygens (including phenoxy) is 1. The summed E-state index contributed by atoms with van der Waals surface area (Å²) in [6, 6.07) is 18.7. The molecule has 156 valence electrons. The number of nitrogens with one attached hydrogen (secondary N) is 3. The first-order valence-corrected chi connectivity index (χ1v) is 9.11. The Morgan fingerprint density at radius 1 is 0.903 bits per heavy atom. The summed E-state index contributed by atoms with van der Waals surface area (Å²) in [5.41, 5.74) is -0.0421. The van der Waals surface area contributed by atoms with E-state index in [1.54, 1.807) is 24.3 Å². The highest BCUT2D eigenvalue weighted by Crippen LogP contribution is 2.25. The van der Waals surface area contributed by atoms with E-state index in [2.05, 4.69) is 10.6 Å². The predicted octanol–water partition coefficient (Wildman–Crippen LogP) is 4.48. The van der Waals surface area contributed by atoms with Crippen LogP contribution < -0.4 is 15.4 Å². The molecule has 0 aromatic heterocycles. The van der Waals surface area contributed by atoms with Crippen LogP contribution in [0.3, 0.4) is 0 Å². The van der Waals surface area contributed by atoms with Crippen LogP contribution >= 0.6 is 0 Å². The summed E-state index contributed by atoms with van der Waals surface area (Å²) in [4.78, 5) is 25.0. The third-order valence-electron chi connectivity index (χ3n) is 4.04. The van der Waals surface area contributed by atoms with Gasteiger partial charge in [-0.1, -0.05) is 18.2 Å². The third kappa shape index (κ3) is 5.77. The van der Waals surface area contributed by atoms with Crippen LogP contribution in [0.25, 0.3) is 0 Å². The smallest absolute Gasteiger partial charge is 0.261 e. The van der Waals surface area contributed by atoms with Gasteiger partial charge in [0.05, 0.1) is 5.69 Å². The second-order valence-electron chi connectivity index (χ2n) is 6.26. The first-order chi connectivity index (χ1) is 15.0. The molecule has 0 aliphatic carbocycles. The fraction of sp³-hybridized carbons (Fsp3) is 0. The highest BCUT2D eigenvalue weighted by molar-refractivity contribution is 6.27. The number of carbonyl (C=O) groups is 2. The number of benzene rings is 3. The van der Waals surface area contributed by atoms with Crippen molar-refractivity contribution in [3.05, 3.63) is 90.3 Å². The van der Waals surface area contributed by atoms with Gasteiger partial charge < -0.3 is 25.9 Å². The van der Waals surface area contributed by atoms with Crippen LogP contribution in [0.4, 0.5) is 15.8 Å². The van der Waals surface area contributed by atoms with Crippen LogP contribution in [-0.4, -0.2) is 23.1 Å². The minimum atomic E-state index is -0.869.